The maximum Gasteiger partial charge on any atom is 0.264 e. The summed E-state index contributed by atoms with van der Waals surface area (Å²) >= 11 is 1.32. The lowest BCUT2D eigenvalue weighted by atomic mass is 10.0. The topological polar surface area (TPSA) is 104 Å². The van der Waals surface area contributed by atoms with Gasteiger partial charge in [-0.1, -0.05) is 24.3 Å². The van der Waals surface area contributed by atoms with E-state index < -0.39 is 0 Å². The van der Waals surface area contributed by atoms with Gasteiger partial charge < -0.3 is 10.1 Å². The standard InChI is InChI=1S/C22H18N6O3S/c1-27-20-16(9-24-27)21(30)28(12-23-20)10-19(29)26-22-25-17(11-32-22)14-7-8-18(31-2)15-6-4-3-5-13(14)15/h3-9,11-12H,10H2,1-2H3,(H,25,26,29). The fraction of sp³-hybridized carbons (Fsp3) is 0.136. The predicted molar refractivity (Wildman–Crippen MR) is 123 cm³/mol. The first-order valence-electron chi connectivity index (χ1n) is 9.74. The Morgan fingerprint density at radius 1 is 1.16 bits per heavy atom. The third-order valence-electron chi connectivity index (χ3n) is 5.16. The molecule has 0 aliphatic rings. The van der Waals surface area contributed by atoms with E-state index in [-0.39, 0.29) is 18.0 Å². The van der Waals surface area contributed by atoms with Crippen LogP contribution in [0.15, 0.2) is 59.1 Å². The van der Waals surface area contributed by atoms with Gasteiger partial charge >= 0.3 is 0 Å². The van der Waals surface area contributed by atoms with E-state index in [1.54, 1.807) is 14.2 Å². The van der Waals surface area contributed by atoms with Crippen LogP contribution in [-0.4, -0.2) is 37.3 Å². The molecule has 0 aliphatic carbocycles. The molecule has 0 bridgehead atoms. The molecule has 0 saturated carbocycles. The quantitative estimate of drug-likeness (QED) is 0.445. The van der Waals surface area contributed by atoms with Gasteiger partial charge in [0, 0.05) is 23.4 Å². The molecule has 3 heterocycles. The summed E-state index contributed by atoms with van der Waals surface area (Å²) in [5, 5.41) is 11.5. The normalized spacial score (nSPS) is 11.2. The second-order valence-electron chi connectivity index (χ2n) is 7.13. The molecule has 0 unspecified atom stereocenters. The molecule has 5 aromatic rings. The van der Waals surface area contributed by atoms with Gasteiger partial charge in [-0.2, -0.15) is 5.10 Å². The number of nitrogens with zero attached hydrogens (tertiary/aromatic N) is 5. The lowest BCUT2D eigenvalue weighted by Gasteiger charge is -2.09. The summed E-state index contributed by atoms with van der Waals surface area (Å²) in [4.78, 5) is 33.9. The molecule has 5 rings (SSSR count). The Morgan fingerprint density at radius 3 is 2.78 bits per heavy atom. The second-order valence-corrected chi connectivity index (χ2v) is 7.99. The monoisotopic (exact) mass is 446 g/mol. The molecule has 3 aromatic heterocycles. The van der Waals surface area contributed by atoms with Gasteiger partial charge in [-0.05, 0) is 17.5 Å². The summed E-state index contributed by atoms with van der Waals surface area (Å²) in [7, 11) is 3.35. The van der Waals surface area contributed by atoms with Crippen molar-refractivity contribution >= 4 is 44.2 Å². The second kappa shape index (κ2) is 7.89. The minimum absolute atomic E-state index is 0.170. The van der Waals surface area contributed by atoms with Crippen LogP contribution in [0.3, 0.4) is 0 Å². The average Bonchev–Trinajstić information content (AvgIpc) is 3.42. The van der Waals surface area contributed by atoms with E-state index in [9.17, 15) is 9.59 Å². The fourth-order valence-corrected chi connectivity index (χ4v) is 4.35. The molecule has 9 nitrogen and oxygen atoms in total. The molecule has 0 spiro atoms. The molecular weight excluding hydrogens is 428 g/mol. The van der Waals surface area contributed by atoms with Gasteiger partial charge in [-0.15, -0.1) is 11.3 Å². The molecule has 0 fully saturated rings. The molecule has 1 amide bonds. The number of nitrogens with one attached hydrogen (secondary N) is 1. The zero-order chi connectivity index (χ0) is 22.2. The smallest absolute Gasteiger partial charge is 0.264 e. The summed E-state index contributed by atoms with van der Waals surface area (Å²) in [5.41, 5.74) is 1.85. The Balaban J connectivity index is 1.38. The van der Waals surface area contributed by atoms with Crippen LogP contribution < -0.4 is 15.6 Å². The maximum absolute atomic E-state index is 12.6. The Kier molecular flexibility index (Phi) is 4.91. The highest BCUT2D eigenvalue weighted by Gasteiger charge is 2.14. The molecule has 0 radical (unpaired) electrons. The molecule has 0 atom stereocenters. The van der Waals surface area contributed by atoms with E-state index in [0.717, 1.165) is 27.8 Å². The number of rotatable bonds is 5. The Hall–Kier alpha value is -4.05. The largest absolute Gasteiger partial charge is 0.496 e. The fourth-order valence-electron chi connectivity index (χ4n) is 3.62. The molecule has 0 aliphatic heterocycles. The van der Waals surface area contributed by atoms with Gasteiger partial charge in [0.2, 0.25) is 5.91 Å². The molecule has 0 saturated heterocycles. The van der Waals surface area contributed by atoms with Crippen LogP contribution in [0.25, 0.3) is 33.1 Å². The minimum Gasteiger partial charge on any atom is -0.496 e. The van der Waals surface area contributed by atoms with E-state index in [0.29, 0.717) is 16.2 Å². The van der Waals surface area contributed by atoms with Crippen molar-refractivity contribution in [3.8, 4) is 17.0 Å². The van der Waals surface area contributed by atoms with Crippen molar-refractivity contribution in [2.45, 2.75) is 6.54 Å². The van der Waals surface area contributed by atoms with Gasteiger partial charge in [0.15, 0.2) is 10.8 Å². The number of hydrogen-bond acceptors (Lipinski definition) is 7. The van der Waals surface area contributed by atoms with Gasteiger partial charge in [-0.3, -0.25) is 18.8 Å². The number of hydrogen-bond donors (Lipinski definition) is 1. The highest BCUT2D eigenvalue weighted by atomic mass is 32.1. The highest BCUT2D eigenvalue weighted by Crippen LogP contribution is 2.35. The molecule has 1 N–H and O–H groups in total. The number of methoxy groups -OCH3 is 1. The molecular formula is C22H18N6O3S. The van der Waals surface area contributed by atoms with Gasteiger partial charge in [0.1, 0.15) is 24.0 Å². The first-order valence-corrected chi connectivity index (χ1v) is 10.6. The van der Waals surface area contributed by atoms with Crippen molar-refractivity contribution in [2.75, 3.05) is 12.4 Å². The maximum atomic E-state index is 12.6. The zero-order valence-corrected chi connectivity index (χ0v) is 18.1. The van der Waals surface area contributed by atoms with Crippen molar-refractivity contribution in [1.82, 2.24) is 24.3 Å². The third-order valence-corrected chi connectivity index (χ3v) is 5.92. The number of ether oxygens (including phenoxy) is 1. The number of carbonyl (C=O) groups is 1. The number of aryl methyl sites for hydroxylation is 1. The van der Waals surface area contributed by atoms with Crippen molar-refractivity contribution in [3.63, 3.8) is 0 Å². The van der Waals surface area contributed by atoms with Crippen molar-refractivity contribution in [3.05, 3.63) is 64.7 Å². The van der Waals surface area contributed by atoms with E-state index in [1.807, 2.05) is 41.8 Å². The zero-order valence-electron chi connectivity index (χ0n) is 17.3. The van der Waals surface area contributed by atoms with Crippen LogP contribution >= 0.6 is 11.3 Å². The lowest BCUT2D eigenvalue weighted by molar-refractivity contribution is -0.116. The van der Waals surface area contributed by atoms with E-state index >= 15 is 0 Å². The summed E-state index contributed by atoms with van der Waals surface area (Å²) in [6, 6.07) is 11.8. The average molecular weight is 446 g/mol. The van der Waals surface area contributed by atoms with Crippen LogP contribution in [0.2, 0.25) is 0 Å². The van der Waals surface area contributed by atoms with E-state index in [4.69, 9.17) is 4.74 Å². The van der Waals surface area contributed by atoms with E-state index in [2.05, 4.69) is 20.4 Å². The van der Waals surface area contributed by atoms with Gasteiger partial charge in [-0.25, -0.2) is 9.97 Å². The number of carbonyl (C=O) groups excluding carboxylic acids is 1. The number of anilines is 1. The van der Waals surface area contributed by atoms with Crippen molar-refractivity contribution in [2.24, 2.45) is 7.05 Å². The predicted octanol–water partition coefficient (Wildman–Crippen LogP) is 3.05. The minimum atomic E-state index is -0.363. The van der Waals surface area contributed by atoms with Crippen LogP contribution in [0, 0.1) is 0 Å². The van der Waals surface area contributed by atoms with Gasteiger partial charge in [0.05, 0.1) is 19.0 Å². The third kappa shape index (κ3) is 3.40. The first kappa shape index (κ1) is 19.9. The lowest BCUT2D eigenvalue weighted by Crippen LogP contribution is -2.27. The highest BCUT2D eigenvalue weighted by molar-refractivity contribution is 7.14. The number of amides is 1. The summed E-state index contributed by atoms with van der Waals surface area (Å²) in [6.07, 6.45) is 2.80. The SMILES string of the molecule is COc1ccc(-c2csc(NC(=O)Cn3cnc4c(cnn4C)c3=O)n2)c2ccccc12. The Bertz CT molecular complexity index is 1530. The summed E-state index contributed by atoms with van der Waals surface area (Å²) < 4.78 is 8.23. The molecule has 10 heteroatoms. The van der Waals surface area contributed by atoms with Crippen LogP contribution in [0.5, 0.6) is 5.75 Å². The Labute approximate surface area is 185 Å². The van der Waals surface area contributed by atoms with Gasteiger partial charge in [0.25, 0.3) is 5.56 Å². The number of benzene rings is 2. The molecule has 32 heavy (non-hydrogen) atoms. The van der Waals surface area contributed by atoms with Crippen LogP contribution in [0.1, 0.15) is 0 Å². The van der Waals surface area contributed by atoms with Crippen molar-refractivity contribution < 1.29 is 9.53 Å². The van der Waals surface area contributed by atoms with Crippen LogP contribution in [-0.2, 0) is 18.4 Å². The number of aromatic nitrogens is 5. The molecule has 2 aromatic carbocycles. The first-order chi connectivity index (χ1) is 15.5. The summed E-state index contributed by atoms with van der Waals surface area (Å²) in [5.74, 6) is 0.426. The van der Waals surface area contributed by atoms with E-state index in [1.165, 1.54) is 33.1 Å². The van der Waals surface area contributed by atoms with Crippen LogP contribution in [0.4, 0.5) is 5.13 Å². The molecule has 160 valence electrons. The number of thiazole rings is 1. The van der Waals surface area contributed by atoms with Crippen molar-refractivity contribution in [1.29, 1.82) is 0 Å². The number of fused-ring (bicyclic) bond motifs is 2. The summed E-state index contributed by atoms with van der Waals surface area (Å²) in [6.45, 7) is -0.170. The Morgan fingerprint density at radius 2 is 1.97 bits per heavy atom.